The number of para-hydroxylation sites is 1. The van der Waals surface area contributed by atoms with Crippen LogP contribution < -0.4 is 4.74 Å². The third-order valence-corrected chi connectivity index (χ3v) is 3.75. The molecule has 0 fully saturated rings. The molecule has 3 aromatic rings. The standard InChI is InChI=1S/C16H11Cl2FN2O2/c1-9-4-2-3-5-14(9)22-8-15-20-21-16(23-15)10-6-13(19)12(18)7-11(10)17/h2-7H,8H2,1H3. The Morgan fingerprint density at radius 1 is 1.13 bits per heavy atom. The van der Waals surface area contributed by atoms with Crippen LogP contribution >= 0.6 is 23.2 Å². The number of hydrogen-bond acceptors (Lipinski definition) is 4. The summed E-state index contributed by atoms with van der Waals surface area (Å²) in [5.74, 6) is 0.480. The monoisotopic (exact) mass is 352 g/mol. The number of hydrogen-bond donors (Lipinski definition) is 0. The minimum atomic E-state index is -0.609. The van der Waals surface area contributed by atoms with E-state index in [9.17, 15) is 4.39 Å². The molecule has 0 bridgehead atoms. The molecule has 118 valence electrons. The van der Waals surface area contributed by atoms with Crippen LogP contribution in [-0.4, -0.2) is 10.2 Å². The summed E-state index contributed by atoms with van der Waals surface area (Å²) in [6.45, 7) is 2.04. The second-order valence-electron chi connectivity index (χ2n) is 4.80. The summed E-state index contributed by atoms with van der Waals surface area (Å²) >= 11 is 11.7. The fraction of sp³-hybridized carbons (Fsp3) is 0.125. The van der Waals surface area contributed by atoms with Gasteiger partial charge >= 0.3 is 0 Å². The first kappa shape index (κ1) is 15.8. The fourth-order valence-corrected chi connectivity index (χ4v) is 2.43. The summed E-state index contributed by atoms with van der Waals surface area (Å²) < 4.78 is 24.6. The maximum absolute atomic E-state index is 13.6. The van der Waals surface area contributed by atoms with Crippen molar-refractivity contribution < 1.29 is 13.5 Å². The van der Waals surface area contributed by atoms with Gasteiger partial charge in [-0.3, -0.25) is 0 Å². The van der Waals surface area contributed by atoms with E-state index < -0.39 is 5.82 Å². The first-order valence-corrected chi connectivity index (χ1v) is 7.46. The molecular weight excluding hydrogens is 342 g/mol. The molecule has 0 aliphatic carbocycles. The lowest BCUT2D eigenvalue weighted by atomic mass is 10.2. The van der Waals surface area contributed by atoms with Crippen molar-refractivity contribution in [1.82, 2.24) is 10.2 Å². The largest absolute Gasteiger partial charge is 0.484 e. The molecule has 0 aliphatic rings. The molecule has 7 heteroatoms. The Hall–Kier alpha value is -2.11. The number of rotatable bonds is 4. The van der Waals surface area contributed by atoms with Gasteiger partial charge in [0.05, 0.1) is 15.6 Å². The topological polar surface area (TPSA) is 48.2 Å². The van der Waals surface area contributed by atoms with Gasteiger partial charge in [0.2, 0.25) is 5.89 Å². The molecule has 0 atom stereocenters. The van der Waals surface area contributed by atoms with Gasteiger partial charge in [-0.25, -0.2) is 4.39 Å². The first-order chi connectivity index (χ1) is 11.0. The second-order valence-corrected chi connectivity index (χ2v) is 5.62. The van der Waals surface area contributed by atoms with E-state index in [2.05, 4.69) is 10.2 Å². The van der Waals surface area contributed by atoms with Crippen molar-refractivity contribution in [2.75, 3.05) is 0 Å². The maximum Gasteiger partial charge on any atom is 0.254 e. The first-order valence-electron chi connectivity index (χ1n) is 6.70. The molecule has 0 aliphatic heterocycles. The molecule has 23 heavy (non-hydrogen) atoms. The summed E-state index contributed by atoms with van der Waals surface area (Å²) in [5.41, 5.74) is 1.28. The van der Waals surface area contributed by atoms with Crippen LogP contribution in [0.25, 0.3) is 11.5 Å². The van der Waals surface area contributed by atoms with E-state index in [-0.39, 0.29) is 34.0 Å². The highest BCUT2D eigenvalue weighted by molar-refractivity contribution is 6.36. The van der Waals surface area contributed by atoms with Gasteiger partial charge in [-0.15, -0.1) is 10.2 Å². The molecule has 0 unspecified atom stereocenters. The average molecular weight is 353 g/mol. The van der Waals surface area contributed by atoms with E-state index in [4.69, 9.17) is 32.4 Å². The molecule has 0 saturated heterocycles. The third-order valence-electron chi connectivity index (χ3n) is 3.15. The quantitative estimate of drug-likeness (QED) is 0.615. The van der Waals surface area contributed by atoms with Gasteiger partial charge in [-0.1, -0.05) is 41.4 Å². The average Bonchev–Trinajstić information content (AvgIpc) is 2.99. The van der Waals surface area contributed by atoms with Crippen LogP contribution in [0.1, 0.15) is 11.5 Å². The molecule has 4 nitrogen and oxygen atoms in total. The van der Waals surface area contributed by atoms with Gasteiger partial charge in [0, 0.05) is 0 Å². The molecule has 0 radical (unpaired) electrons. The molecule has 0 amide bonds. The Morgan fingerprint density at radius 3 is 2.70 bits per heavy atom. The zero-order valence-electron chi connectivity index (χ0n) is 12.0. The lowest BCUT2D eigenvalue weighted by Gasteiger charge is -2.05. The van der Waals surface area contributed by atoms with Crippen molar-refractivity contribution in [3.8, 4) is 17.2 Å². The summed E-state index contributed by atoms with van der Waals surface area (Å²) in [6.07, 6.45) is 0. The van der Waals surface area contributed by atoms with Gasteiger partial charge in [-0.05, 0) is 30.7 Å². The Kier molecular flexibility index (Phi) is 4.50. The highest BCUT2D eigenvalue weighted by atomic mass is 35.5. The molecule has 0 spiro atoms. The highest BCUT2D eigenvalue weighted by Crippen LogP contribution is 2.31. The fourth-order valence-electron chi connectivity index (χ4n) is 1.97. The lowest BCUT2D eigenvalue weighted by molar-refractivity contribution is 0.263. The predicted octanol–water partition coefficient (Wildman–Crippen LogP) is 5.07. The molecular formula is C16H11Cl2FN2O2. The van der Waals surface area contributed by atoms with Crippen LogP contribution in [0.3, 0.4) is 0 Å². The maximum atomic E-state index is 13.6. The Bertz CT molecular complexity index is 852. The zero-order valence-corrected chi connectivity index (χ0v) is 13.5. The van der Waals surface area contributed by atoms with Crippen molar-refractivity contribution in [3.05, 3.63) is 63.7 Å². The summed E-state index contributed by atoms with van der Waals surface area (Å²) in [7, 11) is 0. The third kappa shape index (κ3) is 3.46. The van der Waals surface area contributed by atoms with Crippen LogP contribution in [0, 0.1) is 12.7 Å². The minimum absolute atomic E-state index is 0.0682. The predicted molar refractivity (Wildman–Crippen MR) is 85.2 cm³/mol. The Balaban J connectivity index is 1.79. The van der Waals surface area contributed by atoms with Gasteiger partial charge in [0.1, 0.15) is 11.6 Å². The number of benzene rings is 2. The van der Waals surface area contributed by atoms with Crippen molar-refractivity contribution in [2.24, 2.45) is 0 Å². The van der Waals surface area contributed by atoms with Gasteiger partial charge < -0.3 is 9.15 Å². The van der Waals surface area contributed by atoms with Crippen LogP contribution in [-0.2, 0) is 6.61 Å². The van der Waals surface area contributed by atoms with Crippen LogP contribution in [0.4, 0.5) is 4.39 Å². The Morgan fingerprint density at radius 2 is 1.91 bits per heavy atom. The molecule has 0 saturated carbocycles. The summed E-state index contributed by atoms with van der Waals surface area (Å²) in [6, 6.07) is 10.0. The van der Waals surface area contributed by atoms with Gasteiger partial charge in [-0.2, -0.15) is 0 Å². The lowest BCUT2D eigenvalue weighted by Crippen LogP contribution is -1.97. The zero-order chi connectivity index (χ0) is 16.4. The number of ether oxygens (including phenoxy) is 1. The normalized spacial score (nSPS) is 10.8. The smallest absolute Gasteiger partial charge is 0.254 e. The summed E-state index contributed by atoms with van der Waals surface area (Å²) in [4.78, 5) is 0. The molecule has 2 aromatic carbocycles. The highest BCUT2D eigenvalue weighted by Gasteiger charge is 2.15. The number of aromatic nitrogens is 2. The minimum Gasteiger partial charge on any atom is -0.484 e. The SMILES string of the molecule is Cc1ccccc1OCc1nnc(-c2cc(F)c(Cl)cc2Cl)o1. The van der Waals surface area contributed by atoms with E-state index in [0.29, 0.717) is 0 Å². The van der Waals surface area contributed by atoms with E-state index in [1.165, 1.54) is 6.07 Å². The van der Waals surface area contributed by atoms with Crippen molar-refractivity contribution in [3.63, 3.8) is 0 Å². The Labute approximate surface area is 141 Å². The van der Waals surface area contributed by atoms with Crippen molar-refractivity contribution in [1.29, 1.82) is 0 Å². The van der Waals surface area contributed by atoms with E-state index in [1.54, 1.807) is 0 Å². The second kappa shape index (κ2) is 6.56. The molecule has 1 aromatic heterocycles. The molecule has 3 rings (SSSR count). The number of nitrogens with zero attached hydrogens (tertiary/aromatic N) is 2. The van der Waals surface area contributed by atoms with Gasteiger partial charge in [0.25, 0.3) is 5.89 Å². The van der Waals surface area contributed by atoms with E-state index >= 15 is 0 Å². The molecule has 0 N–H and O–H groups in total. The van der Waals surface area contributed by atoms with Crippen LogP contribution in [0.2, 0.25) is 10.0 Å². The van der Waals surface area contributed by atoms with Gasteiger partial charge in [0.15, 0.2) is 6.61 Å². The van der Waals surface area contributed by atoms with Crippen molar-refractivity contribution >= 4 is 23.2 Å². The van der Waals surface area contributed by atoms with Crippen molar-refractivity contribution in [2.45, 2.75) is 13.5 Å². The number of halogens is 3. The molecule has 1 heterocycles. The van der Waals surface area contributed by atoms with Crippen LogP contribution in [0.5, 0.6) is 5.75 Å². The number of aryl methyl sites for hydroxylation is 1. The van der Waals surface area contributed by atoms with E-state index in [1.807, 2.05) is 31.2 Å². The summed E-state index contributed by atoms with van der Waals surface area (Å²) in [5, 5.41) is 7.90. The van der Waals surface area contributed by atoms with E-state index in [0.717, 1.165) is 17.4 Å². The van der Waals surface area contributed by atoms with Crippen LogP contribution in [0.15, 0.2) is 40.8 Å².